The fourth-order valence-electron chi connectivity index (χ4n) is 2.13. The second-order valence-corrected chi connectivity index (χ2v) is 7.68. The largest absolute Gasteiger partial charge is 0.321 e. The van der Waals surface area contributed by atoms with Crippen LogP contribution in [0.15, 0.2) is 64.3 Å². The molecule has 0 bridgehead atoms. The van der Waals surface area contributed by atoms with Crippen molar-refractivity contribution in [1.29, 1.82) is 0 Å². The van der Waals surface area contributed by atoms with Crippen LogP contribution in [-0.2, 0) is 10.0 Å². The summed E-state index contributed by atoms with van der Waals surface area (Å²) in [6.07, 6.45) is 0. The van der Waals surface area contributed by atoms with Crippen LogP contribution < -0.4 is 10.0 Å². The molecule has 2 N–H and O–H groups in total. The van der Waals surface area contributed by atoms with Gasteiger partial charge in [0.1, 0.15) is 5.69 Å². The molecule has 6 nitrogen and oxygen atoms in total. The van der Waals surface area contributed by atoms with Crippen molar-refractivity contribution in [2.24, 2.45) is 0 Å². The van der Waals surface area contributed by atoms with Gasteiger partial charge in [0.05, 0.1) is 16.1 Å². The number of hydrogen-bond donors (Lipinski definition) is 2. The van der Waals surface area contributed by atoms with Gasteiger partial charge in [0.2, 0.25) is 0 Å². The van der Waals surface area contributed by atoms with Crippen molar-refractivity contribution >= 4 is 38.6 Å². The number of sulfonamides is 1. The molecular formula is C17H15N3O3S2. The minimum Gasteiger partial charge on any atom is -0.321 e. The summed E-state index contributed by atoms with van der Waals surface area (Å²) in [7, 11) is -3.70. The van der Waals surface area contributed by atoms with Crippen molar-refractivity contribution in [2.75, 3.05) is 10.0 Å². The maximum Gasteiger partial charge on any atom is 0.275 e. The SMILES string of the molecule is Cc1ccc(NC(=O)c2cscn2)cc1NS(=O)(=O)c1ccccc1. The number of aromatic nitrogens is 1. The number of rotatable bonds is 5. The molecule has 0 radical (unpaired) electrons. The van der Waals surface area contributed by atoms with Gasteiger partial charge in [-0.2, -0.15) is 0 Å². The standard InChI is InChI=1S/C17H15N3O3S2/c1-12-7-8-13(19-17(21)16-10-24-11-18-16)9-15(12)20-25(22,23)14-5-3-2-4-6-14/h2-11,20H,1H3,(H,19,21). The molecule has 0 saturated heterocycles. The first kappa shape index (κ1) is 17.1. The van der Waals surface area contributed by atoms with Crippen LogP contribution in [0.2, 0.25) is 0 Å². The Kier molecular flexibility index (Phi) is 4.82. The van der Waals surface area contributed by atoms with Gasteiger partial charge in [-0.1, -0.05) is 24.3 Å². The molecule has 0 fully saturated rings. The number of aryl methyl sites for hydroxylation is 1. The Morgan fingerprint density at radius 2 is 1.88 bits per heavy atom. The van der Waals surface area contributed by atoms with Crippen molar-refractivity contribution in [3.8, 4) is 0 Å². The summed E-state index contributed by atoms with van der Waals surface area (Å²) in [5, 5.41) is 4.35. The summed E-state index contributed by atoms with van der Waals surface area (Å²) < 4.78 is 27.5. The van der Waals surface area contributed by atoms with E-state index in [-0.39, 0.29) is 10.8 Å². The first-order valence-corrected chi connectivity index (χ1v) is 9.76. The Hall–Kier alpha value is -2.71. The molecule has 3 aromatic rings. The van der Waals surface area contributed by atoms with Crippen molar-refractivity contribution in [1.82, 2.24) is 4.98 Å². The minimum absolute atomic E-state index is 0.173. The Balaban J connectivity index is 1.84. The van der Waals surface area contributed by atoms with E-state index in [0.717, 1.165) is 5.56 Å². The number of nitrogens with zero attached hydrogens (tertiary/aromatic N) is 1. The van der Waals surface area contributed by atoms with E-state index in [4.69, 9.17) is 0 Å². The zero-order valence-corrected chi connectivity index (χ0v) is 14.9. The molecule has 0 unspecified atom stereocenters. The Labute approximate surface area is 149 Å². The third-order valence-electron chi connectivity index (χ3n) is 3.46. The molecule has 0 saturated carbocycles. The van der Waals surface area contributed by atoms with Crippen molar-refractivity contribution < 1.29 is 13.2 Å². The van der Waals surface area contributed by atoms with E-state index in [0.29, 0.717) is 17.1 Å². The lowest BCUT2D eigenvalue weighted by Gasteiger charge is -2.12. The summed E-state index contributed by atoms with van der Waals surface area (Å²) >= 11 is 1.33. The third-order valence-corrected chi connectivity index (χ3v) is 5.43. The molecule has 1 amide bonds. The second-order valence-electron chi connectivity index (χ2n) is 5.28. The quantitative estimate of drug-likeness (QED) is 0.716. The van der Waals surface area contributed by atoms with Crippen LogP contribution >= 0.6 is 11.3 Å². The highest BCUT2D eigenvalue weighted by Gasteiger charge is 2.15. The molecule has 1 aromatic heterocycles. The zero-order valence-electron chi connectivity index (χ0n) is 13.3. The molecule has 0 aliphatic heterocycles. The Bertz CT molecular complexity index is 985. The average molecular weight is 373 g/mol. The molecule has 25 heavy (non-hydrogen) atoms. The van der Waals surface area contributed by atoms with Gasteiger partial charge in [0.25, 0.3) is 15.9 Å². The van der Waals surface area contributed by atoms with Gasteiger partial charge >= 0.3 is 0 Å². The summed E-state index contributed by atoms with van der Waals surface area (Å²) in [6, 6.07) is 13.1. The fraction of sp³-hybridized carbons (Fsp3) is 0.0588. The highest BCUT2D eigenvalue weighted by molar-refractivity contribution is 7.92. The van der Waals surface area contributed by atoms with Crippen LogP contribution in [0.1, 0.15) is 16.1 Å². The van der Waals surface area contributed by atoms with Gasteiger partial charge in [0, 0.05) is 11.1 Å². The number of amides is 1. The second kappa shape index (κ2) is 7.04. The Morgan fingerprint density at radius 3 is 2.56 bits per heavy atom. The molecular weight excluding hydrogens is 358 g/mol. The number of thiazole rings is 1. The molecule has 3 rings (SSSR count). The highest BCUT2D eigenvalue weighted by atomic mass is 32.2. The van der Waals surface area contributed by atoms with Gasteiger partial charge in [-0.05, 0) is 36.8 Å². The van der Waals surface area contributed by atoms with E-state index in [1.807, 2.05) is 0 Å². The molecule has 0 aliphatic rings. The van der Waals surface area contributed by atoms with Gasteiger partial charge in [-0.15, -0.1) is 11.3 Å². The fourth-order valence-corrected chi connectivity index (χ4v) is 3.81. The predicted octanol–water partition coefficient (Wildman–Crippen LogP) is 3.50. The van der Waals surface area contributed by atoms with E-state index >= 15 is 0 Å². The van der Waals surface area contributed by atoms with E-state index < -0.39 is 10.0 Å². The lowest BCUT2D eigenvalue weighted by Crippen LogP contribution is -2.15. The summed E-state index contributed by atoms with van der Waals surface area (Å²) in [5.41, 5.74) is 3.51. The topological polar surface area (TPSA) is 88.2 Å². The van der Waals surface area contributed by atoms with Crippen LogP contribution in [0.3, 0.4) is 0 Å². The average Bonchev–Trinajstić information content (AvgIpc) is 3.13. The first-order valence-electron chi connectivity index (χ1n) is 7.34. The molecule has 0 aliphatic carbocycles. The predicted molar refractivity (Wildman–Crippen MR) is 98.5 cm³/mol. The van der Waals surface area contributed by atoms with E-state index in [1.165, 1.54) is 23.5 Å². The van der Waals surface area contributed by atoms with Crippen LogP contribution in [0, 0.1) is 6.92 Å². The van der Waals surface area contributed by atoms with E-state index in [1.54, 1.807) is 54.2 Å². The number of benzene rings is 2. The maximum absolute atomic E-state index is 12.5. The maximum atomic E-state index is 12.5. The number of hydrogen-bond acceptors (Lipinski definition) is 5. The summed E-state index contributed by atoms with van der Waals surface area (Å²) in [5.74, 6) is -0.345. The lowest BCUT2D eigenvalue weighted by atomic mass is 10.2. The van der Waals surface area contributed by atoms with Gasteiger partial charge in [-0.3, -0.25) is 9.52 Å². The number of carbonyl (C=O) groups is 1. The van der Waals surface area contributed by atoms with Crippen molar-refractivity contribution in [3.05, 3.63) is 70.7 Å². The van der Waals surface area contributed by atoms with Crippen LogP contribution in [0.5, 0.6) is 0 Å². The summed E-state index contributed by atoms with van der Waals surface area (Å²) in [4.78, 5) is 16.2. The lowest BCUT2D eigenvalue weighted by molar-refractivity contribution is 0.102. The van der Waals surface area contributed by atoms with Gasteiger partial charge in [0.15, 0.2) is 0 Å². The molecule has 128 valence electrons. The van der Waals surface area contributed by atoms with Crippen LogP contribution in [0.4, 0.5) is 11.4 Å². The van der Waals surface area contributed by atoms with Crippen molar-refractivity contribution in [2.45, 2.75) is 11.8 Å². The molecule has 1 heterocycles. The molecule has 8 heteroatoms. The first-order chi connectivity index (χ1) is 12.0. The zero-order chi connectivity index (χ0) is 17.9. The number of carbonyl (C=O) groups excluding carboxylic acids is 1. The molecule has 2 aromatic carbocycles. The molecule has 0 spiro atoms. The Morgan fingerprint density at radius 1 is 1.12 bits per heavy atom. The van der Waals surface area contributed by atoms with Crippen LogP contribution in [-0.4, -0.2) is 19.3 Å². The number of anilines is 2. The van der Waals surface area contributed by atoms with Gasteiger partial charge < -0.3 is 5.32 Å². The smallest absolute Gasteiger partial charge is 0.275 e. The minimum atomic E-state index is -3.70. The number of nitrogens with one attached hydrogen (secondary N) is 2. The normalized spacial score (nSPS) is 11.1. The van der Waals surface area contributed by atoms with Crippen LogP contribution in [0.25, 0.3) is 0 Å². The monoisotopic (exact) mass is 373 g/mol. The summed E-state index contributed by atoms with van der Waals surface area (Å²) in [6.45, 7) is 1.79. The van der Waals surface area contributed by atoms with Gasteiger partial charge in [-0.25, -0.2) is 13.4 Å². The third kappa shape index (κ3) is 4.04. The van der Waals surface area contributed by atoms with E-state index in [9.17, 15) is 13.2 Å². The molecule has 0 atom stereocenters. The van der Waals surface area contributed by atoms with E-state index in [2.05, 4.69) is 15.0 Å². The van der Waals surface area contributed by atoms with Crippen molar-refractivity contribution in [3.63, 3.8) is 0 Å². The highest BCUT2D eigenvalue weighted by Crippen LogP contribution is 2.24.